The molecule has 13 heavy (non-hydrogen) atoms. The first-order chi connectivity index (χ1) is 5.82. The molecule has 0 fully saturated rings. The molecule has 1 N–H and O–H groups in total. The first-order valence-corrected chi connectivity index (χ1v) is 4.94. The van der Waals surface area contributed by atoms with Crippen LogP contribution in [0.4, 0.5) is 13.2 Å². The maximum atomic E-state index is 12.1. The average molecular weight is 275 g/mol. The molecule has 1 atom stereocenters. The lowest BCUT2D eigenvalue weighted by Gasteiger charge is -2.12. The van der Waals surface area contributed by atoms with Gasteiger partial charge in [-0.1, -0.05) is 0 Å². The van der Waals surface area contributed by atoms with Crippen LogP contribution in [-0.4, -0.2) is 11.3 Å². The van der Waals surface area contributed by atoms with E-state index in [4.69, 9.17) is 5.11 Å². The number of aryl methyl sites for hydroxylation is 1. The van der Waals surface area contributed by atoms with Crippen LogP contribution in [0.1, 0.15) is 15.9 Å². The molecule has 6 heteroatoms. The summed E-state index contributed by atoms with van der Waals surface area (Å²) in [4.78, 5) is 0.634. The smallest absolute Gasteiger partial charge is 0.379 e. The van der Waals surface area contributed by atoms with Crippen molar-refractivity contribution in [1.82, 2.24) is 0 Å². The van der Waals surface area contributed by atoms with Crippen molar-refractivity contribution in [3.05, 3.63) is 20.3 Å². The zero-order valence-electron chi connectivity index (χ0n) is 6.52. The van der Waals surface area contributed by atoms with Crippen molar-refractivity contribution in [2.45, 2.75) is 19.2 Å². The van der Waals surface area contributed by atoms with E-state index in [2.05, 4.69) is 15.9 Å². The summed E-state index contributed by atoms with van der Waals surface area (Å²) in [6.07, 6.45) is -6.99. The van der Waals surface area contributed by atoms with Crippen molar-refractivity contribution < 1.29 is 18.3 Å². The maximum Gasteiger partial charge on any atom is 0.419 e. The van der Waals surface area contributed by atoms with Crippen molar-refractivity contribution >= 4 is 27.3 Å². The number of halogens is 4. The minimum absolute atomic E-state index is 0.0926. The molecule has 0 bridgehead atoms. The fourth-order valence-electron chi connectivity index (χ4n) is 0.836. The fourth-order valence-corrected chi connectivity index (χ4v) is 2.72. The molecular weight excluding hydrogens is 269 g/mol. The van der Waals surface area contributed by atoms with E-state index < -0.39 is 12.3 Å². The van der Waals surface area contributed by atoms with Gasteiger partial charge in [0.05, 0.1) is 4.88 Å². The number of aliphatic hydroxyl groups is 1. The van der Waals surface area contributed by atoms with Gasteiger partial charge in [-0.05, 0) is 28.9 Å². The molecule has 0 amide bonds. The van der Waals surface area contributed by atoms with Crippen LogP contribution in [0.3, 0.4) is 0 Å². The van der Waals surface area contributed by atoms with Gasteiger partial charge in [-0.15, -0.1) is 11.3 Å². The molecule has 0 radical (unpaired) electrons. The monoisotopic (exact) mass is 274 g/mol. The van der Waals surface area contributed by atoms with Gasteiger partial charge in [-0.3, -0.25) is 0 Å². The van der Waals surface area contributed by atoms with Gasteiger partial charge in [0.2, 0.25) is 0 Å². The van der Waals surface area contributed by atoms with Gasteiger partial charge in [0.25, 0.3) is 0 Å². The number of hydrogen-bond donors (Lipinski definition) is 1. The summed E-state index contributed by atoms with van der Waals surface area (Å²) < 4.78 is 36.5. The molecule has 0 aliphatic carbocycles. The second kappa shape index (κ2) is 3.59. The van der Waals surface area contributed by atoms with Crippen molar-refractivity contribution in [3.8, 4) is 0 Å². The second-order valence-electron chi connectivity index (χ2n) is 2.51. The fraction of sp³-hybridized carbons (Fsp3) is 0.429. The molecule has 0 aliphatic heterocycles. The highest BCUT2D eigenvalue weighted by atomic mass is 79.9. The van der Waals surface area contributed by atoms with Crippen LogP contribution in [0.2, 0.25) is 0 Å². The summed E-state index contributed by atoms with van der Waals surface area (Å²) in [5.74, 6) is 0. The molecule has 0 unspecified atom stereocenters. The number of alkyl halides is 3. The Bertz CT molecular complexity index is 307. The zero-order chi connectivity index (χ0) is 10.2. The Labute approximate surface area is 85.3 Å². The Kier molecular flexibility index (Phi) is 3.04. The normalized spacial score (nSPS) is 14.6. The van der Waals surface area contributed by atoms with E-state index in [1.165, 1.54) is 0 Å². The first kappa shape index (κ1) is 11.0. The molecule has 0 aliphatic rings. The van der Waals surface area contributed by atoms with Crippen molar-refractivity contribution in [3.63, 3.8) is 0 Å². The number of rotatable bonds is 1. The van der Waals surface area contributed by atoms with E-state index in [1.807, 2.05) is 0 Å². The minimum Gasteiger partial charge on any atom is -0.379 e. The average Bonchev–Trinajstić information content (AvgIpc) is 2.26. The van der Waals surface area contributed by atoms with Crippen LogP contribution in [0, 0.1) is 6.92 Å². The van der Waals surface area contributed by atoms with Gasteiger partial charge >= 0.3 is 6.18 Å². The third-order valence-corrected chi connectivity index (χ3v) is 3.42. The molecule has 0 saturated heterocycles. The summed E-state index contributed by atoms with van der Waals surface area (Å²) in [5, 5.41) is 8.91. The van der Waals surface area contributed by atoms with Crippen LogP contribution in [0.5, 0.6) is 0 Å². The van der Waals surface area contributed by atoms with E-state index in [0.717, 1.165) is 16.2 Å². The van der Waals surface area contributed by atoms with Crippen LogP contribution >= 0.6 is 27.3 Å². The van der Waals surface area contributed by atoms with Crippen molar-refractivity contribution in [2.24, 2.45) is 0 Å². The van der Waals surface area contributed by atoms with Crippen LogP contribution in [0.15, 0.2) is 10.5 Å². The number of thiophene rings is 1. The van der Waals surface area contributed by atoms with E-state index in [0.29, 0.717) is 4.47 Å². The Morgan fingerprint density at radius 2 is 2.08 bits per heavy atom. The van der Waals surface area contributed by atoms with Crippen LogP contribution < -0.4 is 0 Å². The molecule has 0 saturated carbocycles. The molecule has 1 heterocycles. The van der Waals surface area contributed by atoms with Gasteiger partial charge in [0.1, 0.15) is 0 Å². The standard InChI is InChI=1S/C7H6BrF3OS/c1-3-2-4(8)5(13-3)6(12)7(9,10)11/h2,6,12H,1H3/t6-/m1/s1. The van der Waals surface area contributed by atoms with Gasteiger partial charge in [-0.25, -0.2) is 0 Å². The van der Waals surface area contributed by atoms with Gasteiger partial charge in [0.15, 0.2) is 6.10 Å². The zero-order valence-corrected chi connectivity index (χ0v) is 8.92. The van der Waals surface area contributed by atoms with Crippen LogP contribution in [0.25, 0.3) is 0 Å². The molecule has 1 nitrogen and oxygen atoms in total. The SMILES string of the molecule is Cc1cc(Br)c([C@@H](O)C(F)(F)F)s1. The third kappa shape index (κ3) is 2.45. The Morgan fingerprint density at radius 3 is 2.38 bits per heavy atom. The van der Waals surface area contributed by atoms with Gasteiger partial charge in [-0.2, -0.15) is 13.2 Å². The largest absolute Gasteiger partial charge is 0.419 e. The van der Waals surface area contributed by atoms with E-state index in [9.17, 15) is 13.2 Å². The van der Waals surface area contributed by atoms with Gasteiger partial charge in [0, 0.05) is 9.35 Å². The quantitative estimate of drug-likeness (QED) is 0.832. The second-order valence-corrected chi connectivity index (χ2v) is 4.66. The topological polar surface area (TPSA) is 20.2 Å². The number of aliphatic hydroxyl groups excluding tert-OH is 1. The van der Waals surface area contributed by atoms with Crippen LogP contribution in [-0.2, 0) is 0 Å². The summed E-state index contributed by atoms with van der Waals surface area (Å²) >= 11 is 3.89. The Morgan fingerprint density at radius 1 is 1.54 bits per heavy atom. The minimum atomic E-state index is -4.60. The predicted molar refractivity (Wildman–Crippen MR) is 47.8 cm³/mol. The summed E-state index contributed by atoms with van der Waals surface area (Å²) in [6.45, 7) is 1.68. The Hall–Kier alpha value is -0.0700. The maximum absolute atomic E-state index is 12.1. The van der Waals surface area contributed by atoms with E-state index in [1.54, 1.807) is 13.0 Å². The van der Waals surface area contributed by atoms with E-state index >= 15 is 0 Å². The molecular formula is C7H6BrF3OS. The molecule has 1 aromatic heterocycles. The highest BCUT2D eigenvalue weighted by Gasteiger charge is 2.41. The highest BCUT2D eigenvalue weighted by Crippen LogP contribution is 2.40. The molecule has 0 spiro atoms. The van der Waals surface area contributed by atoms with Crippen molar-refractivity contribution in [2.75, 3.05) is 0 Å². The lowest BCUT2D eigenvalue weighted by atomic mass is 10.3. The van der Waals surface area contributed by atoms with Crippen molar-refractivity contribution in [1.29, 1.82) is 0 Å². The molecule has 0 aromatic carbocycles. The Balaban J connectivity index is 3.01. The summed E-state index contributed by atoms with van der Waals surface area (Å²) in [6, 6.07) is 1.55. The van der Waals surface area contributed by atoms with E-state index in [-0.39, 0.29) is 4.88 Å². The first-order valence-electron chi connectivity index (χ1n) is 3.33. The lowest BCUT2D eigenvalue weighted by molar-refractivity contribution is -0.205. The lowest BCUT2D eigenvalue weighted by Crippen LogP contribution is -2.19. The number of hydrogen-bond acceptors (Lipinski definition) is 2. The summed E-state index contributed by atoms with van der Waals surface area (Å²) in [5.41, 5.74) is 0. The predicted octanol–water partition coefficient (Wildman–Crippen LogP) is 3.41. The molecule has 1 aromatic rings. The molecule has 74 valence electrons. The molecule has 1 rings (SSSR count). The summed E-state index contributed by atoms with van der Waals surface area (Å²) in [7, 11) is 0. The third-order valence-electron chi connectivity index (χ3n) is 1.39. The highest BCUT2D eigenvalue weighted by molar-refractivity contribution is 9.10. The van der Waals surface area contributed by atoms with Gasteiger partial charge < -0.3 is 5.11 Å².